The summed E-state index contributed by atoms with van der Waals surface area (Å²) >= 11 is 0. The summed E-state index contributed by atoms with van der Waals surface area (Å²) in [6, 6.07) is 12.8. The van der Waals surface area contributed by atoms with Gasteiger partial charge in [-0.1, -0.05) is 12.1 Å². The summed E-state index contributed by atoms with van der Waals surface area (Å²) in [5.41, 5.74) is 1.74. The van der Waals surface area contributed by atoms with Crippen LogP contribution in [0.1, 0.15) is 34.8 Å². The molecule has 1 unspecified atom stereocenters. The first-order chi connectivity index (χ1) is 19.8. The number of hydrogen-bond donors (Lipinski definition) is 3. The van der Waals surface area contributed by atoms with E-state index in [4.69, 9.17) is 4.74 Å². The van der Waals surface area contributed by atoms with Gasteiger partial charge in [0.15, 0.2) is 17.5 Å². The van der Waals surface area contributed by atoms with Gasteiger partial charge in [-0.3, -0.25) is 4.79 Å². The smallest absolute Gasteiger partial charge is 0.251 e. The quantitative estimate of drug-likeness (QED) is 0.189. The van der Waals surface area contributed by atoms with Crippen LogP contribution in [-0.2, 0) is 7.05 Å². The molecule has 0 saturated heterocycles. The Morgan fingerprint density at radius 3 is 2.73 bits per heavy atom. The molecule has 41 heavy (non-hydrogen) atoms. The summed E-state index contributed by atoms with van der Waals surface area (Å²) < 4.78 is 49.7. The van der Waals surface area contributed by atoms with Crippen LogP contribution in [0.3, 0.4) is 0 Å². The molecule has 0 aliphatic carbocycles. The molecule has 11 nitrogen and oxygen atoms in total. The van der Waals surface area contributed by atoms with Crippen LogP contribution in [0.25, 0.3) is 33.5 Å². The lowest BCUT2D eigenvalue weighted by molar-refractivity contribution is 0.0947. The van der Waals surface area contributed by atoms with E-state index in [1.54, 1.807) is 42.8 Å². The first kappa shape index (κ1) is 26.0. The Kier molecular flexibility index (Phi) is 6.57. The number of H-pyrrole nitrogens is 2. The lowest BCUT2D eigenvalue weighted by atomic mass is 10.1. The molecule has 208 valence electrons. The first-order valence-corrected chi connectivity index (χ1v) is 12.5. The first-order valence-electron chi connectivity index (χ1n) is 12.5. The minimum Gasteiger partial charge on any atom is -0.491 e. The zero-order valence-electron chi connectivity index (χ0n) is 21.7. The highest BCUT2D eigenvalue weighted by molar-refractivity contribution is 5.97. The maximum atomic E-state index is 14.2. The molecule has 3 heterocycles. The van der Waals surface area contributed by atoms with E-state index in [1.807, 2.05) is 18.2 Å². The average Bonchev–Trinajstić information content (AvgIpc) is 3.74. The molecular weight excluding hydrogens is 539 g/mol. The van der Waals surface area contributed by atoms with Gasteiger partial charge in [0.25, 0.3) is 5.91 Å². The van der Waals surface area contributed by atoms with E-state index >= 15 is 0 Å². The zero-order valence-corrected chi connectivity index (χ0v) is 21.7. The maximum Gasteiger partial charge on any atom is 0.251 e. The number of aromatic amines is 2. The van der Waals surface area contributed by atoms with E-state index in [9.17, 15) is 18.0 Å². The van der Waals surface area contributed by atoms with Crippen molar-refractivity contribution in [3.63, 3.8) is 0 Å². The van der Waals surface area contributed by atoms with Gasteiger partial charge in [-0.05, 0) is 42.5 Å². The van der Waals surface area contributed by atoms with Crippen LogP contribution in [-0.4, -0.2) is 59.2 Å². The highest BCUT2D eigenvalue weighted by Crippen LogP contribution is 2.29. The number of para-hydroxylation sites is 1. The lowest BCUT2D eigenvalue weighted by Crippen LogP contribution is -2.28. The number of tetrazole rings is 1. The van der Waals surface area contributed by atoms with Gasteiger partial charge in [-0.15, -0.1) is 10.2 Å². The molecule has 0 aliphatic heterocycles. The highest BCUT2D eigenvalue weighted by Gasteiger charge is 2.23. The third-order valence-electron chi connectivity index (χ3n) is 6.72. The van der Waals surface area contributed by atoms with Crippen molar-refractivity contribution in [1.29, 1.82) is 0 Å². The van der Waals surface area contributed by atoms with Crippen molar-refractivity contribution in [2.45, 2.75) is 12.8 Å². The Morgan fingerprint density at radius 2 is 1.93 bits per heavy atom. The number of aryl methyl sites for hydroxylation is 1. The normalized spacial score (nSPS) is 12.2. The van der Waals surface area contributed by atoms with Gasteiger partial charge in [0, 0.05) is 18.7 Å². The molecule has 0 radical (unpaired) electrons. The summed E-state index contributed by atoms with van der Waals surface area (Å²) in [5.74, 6) is -2.57. The van der Waals surface area contributed by atoms with Crippen LogP contribution in [0.5, 0.6) is 5.75 Å². The van der Waals surface area contributed by atoms with Crippen molar-refractivity contribution >= 4 is 28.0 Å². The SMILES string of the molecule is CC(c1nc2c(F)cc(F)c(F)c2[nH]1)c1nc2ccc(C(=O)NCCOc3ccccc3-c3nn[nH]n3)cc2n1C. The van der Waals surface area contributed by atoms with Gasteiger partial charge in [-0.25, -0.2) is 23.1 Å². The number of nitrogens with zero attached hydrogens (tertiary/aromatic N) is 6. The van der Waals surface area contributed by atoms with E-state index in [0.29, 0.717) is 45.6 Å². The molecule has 0 aliphatic rings. The third kappa shape index (κ3) is 4.73. The fraction of sp³-hybridized carbons (Fsp3) is 0.185. The molecule has 3 N–H and O–H groups in total. The molecule has 6 aromatic rings. The second kappa shape index (κ2) is 10.4. The molecular formula is C27H22F3N9O2. The van der Waals surface area contributed by atoms with Crippen molar-refractivity contribution < 1.29 is 22.7 Å². The van der Waals surface area contributed by atoms with Crippen molar-refractivity contribution in [2.75, 3.05) is 13.2 Å². The Labute approximate surface area is 229 Å². The highest BCUT2D eigenvalue weighted by atomic mass is 19.2. The number of nitrogens with one attached hydrogen (secondary N) is 3. The Balaban J connectivity index is 1.16. The monoisotopic (exact) mass is 561 g/mol. The average molecular weight is 562 g/mol. The number of fused-ring (bicyclic) bond motifs is 2. The number of hydrogen-bond acceptors (Lipinski definition) is 7. The number of halogens is 3. The summed E-state index contributed by atoms with van der Waals surface area (Å²) in [7, 11) is 1.77. The number of benzene rings is 3. The van der Waals surface area contributed by atoms with Crippen LogP contribution < -0.4 is 10.1 Å². The number of rotatable bonds is 8. The van der Waals surface area contributed by atoms with Crippen molar-refractivity contribution in [3.8, 4) is 17.1 Å². The van der Waals surface area contributed by atoms with Gasteiger partial charge in [0.2, 0.25) is 5.82 Å². The summed E-state index contributed by atoms with van der Waals surface area (Å²) in [5, 5.41) is 16.7. The van der Waals surface area contributed by atoms with E-state index in [1.165, 1.54) is 0 Å². The third-order valence-corrected chi connectivity index (χ3v) is 6.72. The molecule has 0 fully saturated rings. The Bertz CT molecular complexity index is 1900. The van der Waals surface area contributed by atoms with Crippen LogP contribution in [0.2, 0.25) is 0 Å². The minimum absolute atomic E-state index is 0.207. The molecule has 0 saturated carbocycles. The number of carbonyl (C=O) groups is 1. The number of ether oxygens (including phenoxy) is 1. The fourth-order valence-corrected chi connectivity index (χ4v) is 4.63. The van der Waals surface area contributed by atoms with Gasteiger partial charge in [0.05, 0.1) is 29.1 Å². The predicted molar refractivity (Wildman–Crippen MR) is 142 cm³/mol. The lowest BCUT2D eigenvalue weighted by Gasteiger charge is -2.10. The molecule has 3 aromatic heterocycles. The molecule has 0 spiro atoms. The Hall–Kier alpha value is -5.27. The largest absolute Gasteiger partial charge is 0.491 e. The number of aromatic nitrogens is 8. The molecule has 1 atom stereocenters. The standard InChI is InChI=1S/C27H22F3N9O2/c1-13(24-33-22-17(29)12-16(28)21(30)23(22)34-24)26-32-18-8-7-14(11-19(18)39(26)2)27(40)31-9-10-41-20-6-4-3-5-15(20)25-35-37-38-36-25/h3-8,11-13H,9-10H2,1-2H3,(H,31,40)(H,33,34)(H,35,36,37,38). The van der Waals surface area contributed by atoms with Crippen LogP contribution in [0.15, 0.2) is 48.5 Å². The van der Waals surface area contributed by atoms with E-state index in [-0.39, 0.29) is 35.9 Å². The predicted octanol–water partition coefficient (Wildman–Crippen LogP) is 4.01. The summed E-state index contributed by atoms with van der Waals surface area (Å²) in [6.45, 7) is 2.21. The summed E-state index contributed by atoms with van der Waals surface area (Å²) in [4.78, 5) is 24.3. The minimum atomic E-state index is -1.30. The number of amides is 1. The topological polar surface area (TPSA) is 139 Å². The van der Waals surface area contributed by atoms with Gasteiger partial charge in [-0.2, -0.15) is 5.21 Å². The van der Waals surface area contributed by atoms with Crippen molar-refractivity contribution in [2.24, 2.45) is 7.05 Å². The van der Waals surface area contributed by atoms with Crippen LogP contribution >= 0.6 is 0 Å². The number of carbonyl (C=O) groups excluding carboxylic acids is 1. The molecule has 1 amide bonds. The molecule has 6 rings (SSSR count). The van der Waals surface area contributed by atoms with Gasteiger partial charge >= 0.3 is 0 Å². The second-order valence-electron chi connectivity index (χ2n) is 9.29. The molecule has 14 heteroatoms. The van der Waals surface area contributed by atoms with Crippen molar-refractivity contribution in [3.05, 3.63) is 83.2 Å². The van der Waals surface area contributed by atoms with E-state index < -0.39 is 23.4 Å². The van der Waals surface area contributed by atoms with E-state index in [2.05, 4.69) is 40.9 Å². The van der Waals surface area contributed by atoms with Crippen molar-refractivity contribution in [1.82, 2.24) is 45.5 Å². The summed E-state index contributed by atoms with van der Waals surface area (Å²) in [6.07, 6.45) is 0. The second-order valence-corrected chi connectivity index (χ2v) is 9.29. The van der Waals surface area contributed by atoms with E-state index in [0.717, 1.165) is 0 Å². The van der Waals surface area contributed by atoms with Crippen LogP contribution in [0.4, 0.5) is 13.2 Å². The van der Waals surface area contributed by atoms with Gasteiger partial charge in [0.1, 0.15) is 35.0 Å². The molecule has 3 aromatic carbocycles. The fourth-order valence-electron chi connectivity index (χ4n) is 4.63. The maximum absolute atomic E-state index is 14.2. The van der Waals surface area contributed by atoms with Crippen LogP contribution in [0, 0.1) is 17.5 Å². The number of imidazole rings is 2. The van der Waals surface area contributed by atoms with Gasteiger partial charge < -0.3 is 19.6 Å². The zero-order chi connectivity index (χ0) is 28.7. The molecule has 0 bridgehead atoms. The Morgan fingerprint density at radius 1 is 1.10 bits per heavy atom.